The number of carbonyl (C=O) groups is 1. The summed E-state index contributed by atoms with van der Waals surface area (Å²) in [5.74, 6) is -0.884. The zero-order chi connectivity index (χ0) is 15.2. The van der Waals surface area contributed by atoms with Crippen LogP contribution in [0.4, 0.5) is 5.69 Å². The molecule has 110 valence electrons. The summed E-state index contributed by atoms with van der Waals surface area (Å²) in [5, 5.41) is 9.46. The molecule has 0 amide bonds. The van der Waals surface area contributed by atoms with E-state index >= 15 is 0 Å². The smallest absolute Gasteiger partial charge is 0.338 e. The lowest BCUT2D eigenvalue weighted by Crippen LogP contribution is -2.23. The minimum absolute atomic E-state index is 0.377. The zero-order valence-corrected chi connectivity index (χ0v) is 12.9. The quantitative estimate of drug-likeness (QED) is 0.831. The molecule has 0 aliphatic rings. The van der Waals surface area contributed by atoms with Crippen LogP contribution in [0.15, 0.2) is 47.6 Å². The van der Waals surface area contributed by atoms with Crippen LogP contribution in [-0.4, -0.2) is 35.9 Å². The number of aromatic nitrogens is 1. The van der Waals surface area contributed by atoms with Crippen LogP contribution in [-0.2, 0) is 6.42 Å². The molecule has 0 atom stereocenters. The van der Waals surface area contributed by atoms with E-state index < -0.39 is 5.97 Å². The summed E-state index contributed by atoms with van der Waals surface area (Å²) in [4.78, 5) is 18.3. The molecular formula is C16H18N2O2S. The van der Waals surface area contributed by atoms with Gasteiger partial charge in [0.1, 0.15) is 0 Å². The summed E-state index contributed by atoms with van der Waals surface area (Å²) in [6.07, 6.45) is 6.28. The van der Waals surface area contributed by atoms with Crippen molar-refractivity contribution in [3.63, 3.8) is 0 Å². The highest BCUT2D eigenvalue weighted by Crippen LogP contribution is 2.29. The number of thioether (sulfide) groups is 1. The maximum Gasteiger partial charge on any atom is 0.338 e. The summed E-state index contributed by atoms with van der Waals surface area (Å²) in [6.45, 7) is 0.752. The monoisotopic (exact) mass is 302 g/mol. The second-order valence-electron chi connectivity index (χ2n) is 4.69. The number of hydrogen-bond donors (Lipinski definition) is 1. The Bertz CT molecular complexity index is 617. The van der Waals surface area contributed by atoms with Crippen molar-refractivity contribution in [3.8, 4) is 0 Å². The second-order valence-corrected chi connectivity index (χ2v) is 5.53. The van der Waals surface area contributed by atoms with Crippen LogP contribution in [0.25, 0.3) is 0 Å². The zero-order valence-electron chi connectivity index (χ0n) is 12.1. The van der Waals surface area contributed by atoms with Gasteiger partial charge in [0.15, 0.2) is 0 Å². The first kappa shape index (κ1) is 15.4. The van der Waals surface area contributed by atoms with Gasteiger partial charge in [-0.25, -0.2) is 4.79 Å². The van der Waals surface area contributed by atoms with Crippen molar-refractivity contribution in [2.45, 2.75) is 11.3 Å². The SMILES string of the molecule is CSc1cccc(N(C)CCc2ccncc2)c1C(=O)O. The van der Waals surface area contributed by atoms with Crippen LogP contribution >= 0.6 is 11.8 Å². The topological polar surface area (TPSA) is 53.4 Å². The molecule has 2 rings (SSSR count). The summed E-state index contributed by atoms with van der Waals surface area (Å²) in [5.41, 5.74) is 2.32. The molecule has 1 heterocycles. The van der Waals surface area contributed by atoms with Gasteiger partial charge >= 0.3 is 5.97 Å². The van der Waals surface area contributed by atoms with E-state index in [1.807, 2.05) is 48.5 Å². The first-order valence-corrected chi connectivity index (χ1v) is 7.86. The lowest BCUT2D eigenvalue weighted by atomic mass is 10.1. The summed E-state index contributed by atoms with van der Waals surface area (Å²) in [7, 11) is 1.92. The standard InChI is InChI=1S/C16H18N2O2S/c1-18(11-8-12-6-9-17-10-7-12)13-4-3-5-14(21-2)15(13)16(19)20/h3-7,9-10H,8,11H2,1-2H3,(H,19,20). The minimum atomic E-state index is -0.884. The molecule has 2 aromatic rings. The fourth-order valence-electron chi connectivity index (χ4n) is 2.19. The number of aromatic carboxylic acids is 1. The first-order chi connectivity index (χ1) is 10.1. The van der Waals surface area contributed by atoms with Crippen LogP contribution in [0.3, 0.4) is 0 Å². The summed E-state index contributed by atoms with van der Waals surface area (Å²) < 4.78 is 0. The van der Waals surface area contributed by atoms with Crippen molar-refractivity contribution in [2.24, 2.45) is 0 Å². The Morgan fingerprint density at radius 3 is 2.62 bits per heavy atom. The Hall–Kier alpha value is -2.01. The Morgan fingerprint density at radius 1 is 1.29 bits per heavy atom. The number of nitrogens with zero attached hydrogens (tertiary/aromatic N) is 2. The molecule has 0 aliphatic heterocycles. The molecule has 0 saturated carbocycles. The van der Waals surface area contributed by atoms with E-state index in [9.17, 15) is 9.90 Å². The highest BCUT2D eigenvalue weighted by atomic mass is 32.2. The molecule has 1 aromatic heterocycles. The molecule has 0 fully saturated rings. The lowest BCUT2D eigenvalue weighted by molar-refractivity contribution is 0.0694. The van der Waals surface area contributed by atoms with Crippen molar-refractivity contribution < 1.29 is 9.90 Å². The van der Waals surface area contributed by atoms with Gasteiger partial charge in [-0.3, -0.25) is 4.98 Å². The number of likely N-dealkylation sites (N-methyl/N-ethyl adjacent to an activating group) is 1. The van der Waals surface area contributed by atoms with Crippen LogP contribution in [0.1, 0.15) is 15.9 Å². The molecule has 1 N–H and O–H groups in total. The first-order valence-electron chi connectivity index (χ1n) is 6.64. The maximum atomic E-state index is 11.5. The van der Waals surface area contributed by atoms with Crippen LogP contribution in [0, 0.1) is 0 Å². The third kappa shape index (κ3) is 3.76. The van der Waals surface area contributed by atoms with Gasteiger partial charge in [-0.1, -0.05) is 6.07 Å². The van der Waals surface area contributed by atoms with Gasteiger partial charge < -0.3 is 10.0 Å². The normalized spacial score (nSPS) is 10.4. The van der Waals surface area contributed by atoms with Crippen LogP contribution in [0.2, 0.25) is 0 Å². The number of anilines is 1. The van der Waals surface area contributed by atoms with Crippen LogP contribution < -0.4 is 4.90 Å². The Balaban J connectivity index is 2.19. The van der Waals surface area contributed by atoms with Gasteiger partial charge in [0.25, 0.3) is 0 Å². The number of pyridine rings is 1. The van der Waals surface area contributed by atoms with Crippen molar-refractivity contribution >= 4 is 23.4 Å². The number of carboxylic acid groups (broad SMARTS) is 1. The van der Waals surface area contributed by atoms with Gasteiger partial charge in [0.2, 0.25) is 0 Å². The third-order valence-electron chi connectivity index (χ3n) is 3.33. The Morgan fingerprint density at radius 2 is 2.00 bits per heavy atom. The van der Waals surface area contributed by atoms with E-state index in [2.05, 4.69) is 4.98 Å². The Labute approximate surface area is 128 Å². The largest absolute Gasteiger partial charge is 0.478 e. The van der Waals surface area contributed by atoms with E-state index in [0.29, 0.717) is 5.56 Å². The molecule has 0 radical (unpaired) electrons. The predicted octanol–water partition coefficient (Wildman–Crippen LogP) is 3.18. The molecule has 0 aliphatic carbocycles. The molecule has 4 nitrogen and oxygen atoms in total. The second kappa shape index (κ2) is 7.13. The van der Waals surface area contributed by atoms with E-state index in [4.69, 9.17) is 0 Å². The van der Waals surface area contributed by atoms with E-state index in [1.54, 1.807) is 12.4 Å². The predicted molar refractivity (Wildman–Crippen MR) is 86.4 cm³/mol. The van der Waals surface area contributed by atoms with Crippen molar-refractivity contribution in [1.82, 2.24) is 4.98 Å². The molecule has 0 saturated heterocycles. The number of rotatable bonds is 6. The van der Waals surface area contributed by atoms with Crippen molar-refractivity contribution in [1.29, 1.82) is 0 Å². The van der Waals surface area contributed by atoms with Gasteiger partial charge in [-0.15, -0.1) is 11.8 Å². The highest BCUT2D eigenvalue weighted by molar-refractivity contribution is 7.98. The number of carboxylic acids is 1. The number of hydrogen-bond acceptors (Lipinski definition) is 4. The van der Waals surface area contributed by atoms with Crippen molar-refractivity contribution in [2.75, 3.05) is 24.7 Å². The molecule has 0 bridgehead atoms. The van der Waals surface area contributed by atoms with Crippen LogP contribution in [0.5, 0.6) is 0 Å². The van der Waals surface area contributed by atoms with E-state index in [1.165, 1.54) is 17.3 Å². The minimum Gasteiger partial charge on any atom is -0.478 e. The summed E-state index contributed by atoms with van der Waals surface area (Å²) in [6, 6.07) is 9.55. The van der Waals surface area contributed by atoms with Gasteiger partial charge in [-0.2, -0.15) is 0 Å². The fraction of sp³-hybridized carbons (Fsp3) is 0.250. The van der Waals surface area contributed by atoms with Gasteiger partial charge in [0.05, 0.1) is 11.3 Å². The lowest BCUT2D eigenvalue weighted by Gasteiger charge is -2.22. The highest BCUT2D eigenvalue weighted by Gasteiger charge is 2.17. The van der Waals surface area contributed by atoms with E-state index in [-0.39, 0.29) is 0 Å². The number of benzene rings is 1. The maximum absolute atomic E-state index is 11.5. The fourth-order valence-corrected chi connectivity index (χ4v) is 2.80. The van der Waals surface area contributed by atoms with Crippen molar-refractivity contribution in [3.05, 3.63) is 53.9 Å². The summed E-state index contributed by atoms with van der Waals surface area (Å²) >= 11 is 1.45. The third-order valence-corrected chi connectivity index (χ3v) is 4.11. The molecule has 1 aromatic carbocycles. The molecule has 5 heteroatoms. The Kier molecular flexibility index (Phi) is 5.22. The van der Waals surface area contributed by atoms with Gasteiger partial charge in [0, 0.05) is 30.9 Å². The molecule has 21 heavy (non-hydrogen) atoms. The average Bonchev–Trinajstić information content (AvgIpc) is 2.52. The molecule has 0 spiro atoms. The average molecular weight is 302 g/mol. The van der Waals surface area contributed by atoms with Gasteiger partial charge in [-0.05, 0) is 42.5 Å². The van der Waals surface area contributed by atoms with E-state index in [0.717, 1.165) is 23.5 Å². The molecule has 0 unspecified atom stereocenters. The molecular weight excluding hydrogens is 284 g/mol.